The summed E-state index contributed by atoms with van der Waals surface area (Å²) in [6.45, 7) is 3.16. The maximum atomic E-state index is 12.8. The van der Waals surface area contributed by atoms with E-state index in [1.165, 1.54) is 25.0 Å². The summed E-state index contributed by atoms with van der Waals surface area (Å²) in [6.07, 6.45) is 11.4. The zero-order valence-corrected chi connectivity index (χ0v) is 20.2. The third-order valence-electron chi connectivity index (χ3n) is 7.36. The number of anilines is 1. The Morgan fingerprint density at radius 1 is 1.12 bits per heavy atom. The number of carbonyl (C=O) groups excluding carboxylic acids is 1. The van der Waals surface area contributed by atoms with Crippen molar-refractivity contribution in [3.8, 4) is 11.3 Å². The third-order valence-corrected chi connectivity index (χ3v) is 7.36. The summed E-state index contributed by atoms with van der Waals surface area (Å²) < 4.78 is 7.39. The quantitative estimate of drug-likeness (QED) is 0.592. The molecule has 8 heteroatoms. The van der Waals surface area contributed by atoms with E-state index >= 15 is 0 Å². The molecule has 3 aromatic heterocycles. The zero-order chi connectivity index (χ0) is 23.5. The fourth-order valence-corrected chi connectivity index (χ4v) is 5.22. The van der Waals surface area contributed by atoms with E-state index < -0.39 is 0 Å². The molecule has 3 aromatic rings. The first-order chi connectivity index (χ1) is 16.6. The summed E-state index contributed by atoms with van der Waals surface area (Å²) in [5.74, 6) is 0.598. The molecule has 8 nitrogen and oxygen atoms in total. The Morgan fingerprint density at radius 2 is 1.91 bits per heavy atom. The Bertz CT molecular complexity index is 1150. The summed E-state index contributed by atoms with van der Waals surface area (Å²) in [6, 6.07) is 5.95. The predicted molar refractivity (Wildman–Crippen MR) is 132 cm³/mol. The molecular weight excluding hydrogens is 428 g/mol. The van der Waals surface area contributed by atoms with E-state index in [0.29, 0.717) is 5.82 Å². The Morgan fingerprint density at radius 3 is 2.68 bits per heavy atom. The van der Waals surface area contributed by atoms with Crippen molar-refractivity contribution in [1.82, 2.24) is 24.6 Å². The van der Waals surface area contributed by atoms with Crippen LogP contribution in [0.1, 0.15) is 50.6 Å². The van der Waals surface area contributed by atoms with Gasteiger partial charge in [0.25, 0.3) is 0 Å². The van der Waals surface area contributed by atoms with Gasteiger partial charge in [-0.05, 0) is 63.7 Å². The van der Waals surface area contributed by atoms with Gasteiger partial charge in [-0.25, -0.2) is 9.97 Å². The minimum atomic E-state index is 0.0101. The number of ether oxygens (including phenoxy) is 1. The van der Waals surface area contributed by atoms with Crippen LogP contribution >= 0.6 is 0 Å². The van der Waals surface area contributed by atoms with Crippen LogP contribution in [-0.2, 0) is 23.1 Å². The number of pyridine rings is 2. The highest BCUT2D eigenvalue weighted by atomic mass is 16.5. The number of hydrogen-bond donors (Lipinski definition) is 1. The summed E-state index contributed by atoms with van der Waals surface area (Å²) in [5, 5.41) is 8.49. The van der Waals surface area contributed by atoms with Crippen LogP contribution in [0.15, 0.2) is 30.6 Å². The number of methoxy groups -OCH3 is 1. The Kier molecular flexibility index (Phi) is 6.87. The maximum absolute atomic E-state index is 12.8. The fourth-order valence-electron chi connectivity index (χ4n) is 5.22. The topological polar surface area (TPSA) is 85.2 Å². The molecule has 0 aromatic carbocycles. The first-order valence-corrected chi connectivity index (χ1v) is 12.4. The van der Waals surface area contributed by atoms with Crippen molar-refractivity contribution in [2.75, 3.05) is 25.5 Å². The molecule has 34 heavy (non-hydrogen) atoms. The van der Waals surface area contributed by atoms with Crippen molar-refractivity contribution < 1.29 is 9.53 Å². The molecular formula is C26H34N6O2. The average Bonchev–Trinajstić information content (AvgIpc) is 3.24. The van der Waals surface area contributed by atoms with E-state index in [1.807, 2.05) is 36.1 Å². The first kappa shape index (κ1) is 22.9. The number of fused-ring (bicyclic) bond motifs is 1. The average molecular weight is 463 g/mol. The van der Waals surface area contributed by atoms with E-state index in [4.69, 9.17) is 9.72 Å². The molecule has 2 aliphatic rings. The molecule has 0 radical (unpaired) electrons. The van der Waals surface area contributed by atoms with E-state index in [9.17, 15) is 4.79 Å². The molecule has 2 fully saturated rings. The van der Waals surface area contributed by atoms with Gasteiger partial charge in [-0.1, -0.05) is 6.42 Å². The number of nitrogens with zero attached hydrogens (tertiary/aromatic N) is 5. The smallest absolute Gasteiger partial charge is 0.228 e. The molecule has 1 N–H and O–H groups in total. The molecule has 0 spiro atoms. The monoisotopic (exact) mass is 462 g/mol. The number of amides is 1. The predicted octanol–water partition coefficient (Wildman–Crippen LogP) is 4.16. The number of nitrogens with one attached hydrogen (secondary N) is 1. The molecule has 0 unspecified atom stereocenters. The summed E-state index contributed by atoms with van der Waals surface area (Å²) in [4.78, 5) is 24.7. The number of aromatic nitrogens is 4. The van der Waals surface area contributed by atoms with E-state index in [-0.39, 0.29) is 17.9 Å². The van der Waals surface area contributed by atoms with Gasteiger partial charge in [0, 0.05) is 49.8 Å². The zero-order valence-electron chi connectivity index (χ0n) is 20.2. The van der Waals surface area contributed by atoms with Gasteiger partial charge in [-0.2, -0.15) is 5.10 Å². The lowest BCUT2D eigenvalue weighted by Gasteiger charge is -2.26. The van der Waals surface area contributed by atoms with E-state index in [1.54, 1.807) is 13.3 Å². The van der Waals surface area contributed by atoms with Crippen molar-refractivity contribution in [3.05, 3.63) is 36.3 Å². The molecule has 0 atom stereocenters. The normalized spacial score (nSPS) is 21.6. The molecule has 1 saturated heterocycles. The molecule has 1 amide bonds. The summed E-state index contributed by atoms with van der Waals surface area (Å²) >= 11 is 0. The lowest BCUT2D eigenvalue weighted by atomic mass is 9.87. The highest BCUT2D eigenvalue weighted by molar-refractivity contribution is 5.93. The highest BCUT2D eigenvalue weighted by Crippen LogP contribution is 2.29. The molecule has 1 saturated carbocycles. The van der Waals surface area contributed by atoms with Crippen LogP contribution in [0.3, 0.4) is 0 Å². The third kappa shape index (κ3) is 4.98. The molecule has 1 aliphatic heterocycles. The summed E-state index contributed by atoms with van der Waals surface area (Å²) in [5.41, 5.74) is 3.96. The van der Waals surface area contributed by atoms with Crippen LogP contribution in [0.2, 0.25) is 0 Å². The van der Waals surface area contributed by atoms with E-state index in [2.05, 4.69) is 20.3 Å². The number of hydrogen-bond acceptors (Lipinski definition) is 6. The van der Waals surface area contributed by atoms with Crippen LogP contribution in [0.4, 0.5) is 5.82 Å². The van der Waals surface area contributed by atoms with Gasteiger partial charge >= 0.3 is 0 Å². The summed E-state index contributed by atoms with van der Waals surface area (Å²) in [7, 11) is 3.74. The fraction of sp³-hybridized carbons (Fsp3) is 0.538. The molecule has 4 heterocycles. The minimum absolute atomic E-state index is 0.0101. The standard InChI is InChI=1S/C26H34N6O2/c1-31-24(17-32-12-4-3-5-13-32)21(16-28-31)22-11-8-19-15-27-25(14-23(19)29-22)30-26(33)18-6-9-20(34-2)10-7-18/h8,11,14-16,18,20H,3-7,9-10,12-13,17H2,1-2H3,(H,27,30,33)/t18-,20-. The van der Waals surface area contributed by atoms with Gasteiger partial charge in [0.05, 0.1) is 29.2 Å². The number of rotatable bonds is 6. The SMILES string of the molecule is CO[C@H]1CC[C@H](C(=O)Nc2cc3nc(-c4cnn(C)c4CN4CCCCC4)ccc3cn2)CC1. The molecule has 1 aliphatic carbocycles. The van der Waals surface area contributed by atoms with Crippen molar-refractivity contribution in [2.24, 2.45) is 13.0 Å². The van der Waals surface area contributed by atoms with Gasteiger partial charge < -0.3 is 10.1 Å². The number of piperidine rings is 1. The lowest BCUT2D eigenvalue weighted by molar-refractivity contribution is -0.121. The molecule has 0 bridgehead atoms. The van der Waals surface area contributed by atoms with Crippen molar-refractivity contribution in [3.63, 3.8) is 0 Å². The largest absolute Gasteiger partial charge is 0.381 e. The van der Waals surface area contributed by atoms with Crippen molar-refractivity contribution in [2.45, 2.75) is 57.6 Å². The van der Waals surface area contributed by atoms with Crippen LogP contribution in [0, 0.1) is 5.92 Å². The first-order valence-electron chi connectivity index (χ1n) is 12.4. The van der Waals surface area contributed by atoms with E-state index in [0.717, 1.165) is 67.5 Å². The number of carbonyl (C=O) groups is 1. The Labute approximate surface area is 200 Å². The second kappa shape index (κ2) is 10.2. The van der Waals surface area contributed by atoms with Gasteiger partial charge in [0.2, 0.25) is 5.91 Å². The Hall–Kier alpha value is -2.84. The maximum Gasteiger partial charge on any atom is 0.228 e. The van der Waals surface area contributed by atoms with Gasteiger partial charge in [0.1, 0.15) is 5.82 Å². The van der Waals surface area contributed by atoms with Gasteiger partial charge in [-0.3, -0.25) is 14.4 Å². The second-order valence-corrected chi connectivity index (χ2v) is 9.62. The van der Waals surface area contributed by atoms with Gasteiger partial charge in [-0.15, -0.1) is 0 Å². The Balaban J connectivity index is 1.34. The number of likely N-dealkylation sites (tertiary alicyclic amines) is 1. The van der Waals surface area contributed by atoms with Crippen molar-refractivity contribution >= 4 is 22.6 Å². The van der Waals surface area contributed by atoms with Crippen LogP contribution in [0.25, 0.3) is 22.2 Å². The number of aryl methyl sites for hydroxylation is 1. The van der Waals surface area contributed by atoms with Crippen LogP contribution < -0.4 is 5.32 Å². The molecule has 5 rings (SSSR count). The van der Waals surface area contributed by atoms with Crippen LogP contribution in [0.5, 0.6) is 0 Å². The molecule has 180 valence electrons. The van der Waals surface area contributed by atoms with Crippen LogP contribution in [-0.4, -0.2) is 56.9 Å². The van der Waals surface area contributed by atoms with Crippen molar-refractivity contribution in [1.29, 1.82) is 0 Å². The minimum Gasteiger partial charge on any atom is -0.381 e. The second-order valence-electron chi connectivity index (χ2n) is 9.62. The lowest BCUT2D eigenvalue weighted by Crippen LogP contribution is -2.30. The van der Waals surface area contributed by atoms with Gasteiger partial charge in [0.15, 0.2) is 0 Å². The highest BCUT2D eigenvalue weighted by Gasteiger charge is 2.26.